The molecule has 0 aliphatic carbocycles. The van der Waals surface area contributed by atoms with Crippen LogP contribution in [0.15, 0.2) is 59.4 Å². The number of carbonyl (C=O) groups excluding carboxylic acids is 1. The summed E-state index contributed by atoms with van der Waals surface area (Å²) in [5, 5.41) is 11.7. The first-order valence-corrected chi connectivity index (χ1v) is 10.3. The minimum Gasteiger partial charge on any atom is -0.484 e. The molecule has 0 fully saturated rings. The van der Waals surface area contributed by atoms with Crippen LogP contribution >= 0.6 is 0 Å². The van der Waals surface area contributed by atoms with Crippen LogP contribution in [0.4, 0.5) is 13.2 Å². The lowest BCUT2D eigenvalue weighted by Crippen LogP contribution is -2.55. The quantitative estimate of drug-likeness (QED) is 0.280. The highest BCUT2D eigenvalue weighted by molar-refractivity contribution is 5.89. The molecule has 2 heterocycles. The van der Waals surface area contributed by atoms with E-state index >= 15 is 0 Å². The van der Waals surface area contributed by atoms with Gasteiger partial charge in [0.1, 0.15) is 5.75 Å². The van der Waals surface area contributed by atoms with Crippen molar-refractivity contribution in [3.05, 3.63) is 65.0 Å². The molecule has 0 aliphatic rings. The smallest absolute Gasteiger partial charge is 0.484 e. The Bertz CT molecular complexity index is 1410. The van der Waals surface area contributed by atoms with Gasteiger partial charge in [-0.3, -0.25) is 9.59 Å². The number of hydrogen-bond acceptors (Lipinski definition) is 4. The number of halogens is 3. The maximum atomic E-state index is 12.5. The van der Waals surface area contributed by atoms with E-state index in [0.717, 1.165) is 27.5 Å². The molecule has 35 heavy (non-hydrogen) atoms. The van der Waals surface area contributed by atoms with E-state index in [4.69, 9.17) is 14.6 Å². The molecule has 7 N–H and O–H groups in total. The summed E-state index contributed by atoms with van der Waals surface area (Å²) in [4.78, 5) is 39.2. The van der Waals surface area contributed by atoms with Gasteiger partial charge in [0, 0.05) is 16.4 Å². The molecule has 184 valence electrons. The number of carboxylic acids is 1. The molecular formula is C23H22F3N4O5+. The predicted octanol–water partition coefficient (Wildman–Crippen LogP) is 2.05. The maximum Gasteiger partial charge on any atom is 0.490 e. The van der Waals surface area contributed by atoms with Crippen LogP contribution < -0.4 is 21.3 Å². The summed E-state index contributed by atoms with van der Waals surface area (Å²) >= 11 is 0. The number of nitrogens with one attached hydrogen (secondary N) is 3. The zero-order chi connectivity index (χ0) is 25.6. The summed E-state index contributed by atoms with van der Waals surface area (Å²) in [5.74, 6) is -2.34. The van der Waals surface area contributed by atoms with Crippen LogP contribution in [0.5, 0.6) is 5.75 Å². The number of aromatic nitrogens is 2. The lowest BCUT2D eigenvalue weighted by atomic mass is 10.1. The minimum atomic E-state index is -5.08. The van der Waals surface area contributed by atoms with Gasteiger partial charge in [0.2, 0.25) is 0 Å². The maximum absolute atomic E-state index is 12.5. The van der Waals surface area contributed by atoms with Gasteiger partial charge in [-0.2, -0.15) is 13.2 Å². The molecule has 4 rings (SSSR count). The Labute approximate surface area is 195 Å². The third kappa shape index (κ3) is 6.60. The zero-order valence-electron chi connectivity index (χ0n) is 18.2. The topological polar surface area (TPSA) is 152 Å². The summed E-state index contributed by atoms with van der Waals surface area (Å²) in [6.45, 7) is 1.12. The van der Waals surface area contributed by atoms with Gasteiger partial charge in [0.15, 0.2) is 6.61 Å². The molecule has 0 radical (unpaired) electrons. The number of aromatic amines is 2. The molecule has 0 spiro atoms. The highest BCUT2D eigenvalue weighted by Gasteiger charge is 2.38. The monoisotopic (exact) mass is 491 g/mol. The summed E-state index contributed by atoms with van der Waals surface area (Å²) in [6.07, 6.45) is -5.08. The molecule has 2 aromatic carbocycles. The number of quaternary nitrogens is 1. The molecule has 9 nitrogen and oxygen atoms in total. The van der Waals surface area contributed by atoms with Crippen molar-refractivity contribution in [1.29, 1.82) is 0 Å². The first kappa shape index (κ1) is 25.3. The van der Waals surface area contributed by atoms with E-state index in [0.29, 0.717) is 24.4 Å². The molecular weight excluding hydrogens is 469 g/mol. The first-order valence-electron chi connectivity index (χ1n) is 10.3. The third-order valence-electron chi connectivity index (χ3n) is 4.75. The van der Waals surface area contributed by atoms with Crippen molar-refractivity contribution in [1.82, 2.24) is 15.3 Å². The molecule has 1 amide bonds. The van der Waals surface area contributed by atoms with E-state index in [1.807, 2.05) is 48.5 Å². The van der Waals surface area contributed by atoms with Crippen molar-refractivity contribution < 1.29 is 38.3 Å². The number of alkyl halides is 3. The Morgan fingerprint density at radius 2 is 1.69 bits per heavy atom. The van der Waals surface area contributed by atoms with Crippen molar-refractivity contribution >= 4 is 33.7 Å². The molecule has 0 bridgehead atoms. The Hall–Kier alpha value is -4.32. The van der Waals surface area contributed by atoms with Gasteiger partial charge in [0.25, 0.3) is 11.5 Å². The molecule has 2 aromatic heterocycles. The van der Waals surface area contributed by atoms with Crippen molar-refractivity contribution in [2.45, 2.75) is 6.18 Å². The van der Waals surface area contributed by atoms with E-state index in [2.05, 4.69) is 21.0 Å². The van der Waals surface area contributed by atoms with Crippen LogP contribution in [0.2, 0.25) is 0 Å². The van der Waals surface area contributed by atoms with Crippen molar-refractivity contribution in [3.63, 3.8) is 0 Å². The fourth-order valence-electron chi connectivity index (χ4n) is 3.12. The van der Waals surface area contributed by atoms with Gasteiger partial charge in [-0.15, -0.1) is 0 Å². The van der Waals surface area contributed by atoms with E-state index in [9.17, 15) is 22.8 Å². The number of ether oxygens (including phenoxy) is 1. The molecule has 0 aliphatic heterocycles. The summed E-state index contributed by atoms with van der Waals surface area (Å²) in [5.41, 5.74) is 6.52. The van der Waals surface area contributed by atoms with Crippen LogP contribution in [-0.2, 0) is 9.59 Å². The third-order valence-corrected chi connectivity index (χ3v) is 4.75. The normalized spacial score (nSPS) is 11.1. The summed E-state index contributed by atoms with van der Waals surface area (Å²) < 4.78 is 37.3. The largest absolute Gasteiger partial charge is 0.490 e. The van der Waals surface area contributed by atoms with E-state index in [1.54, 1.807) is 6.07 Å². The SMILES string of the molecule is O=C(O)C(F)(F)F.[NH3+]CCNC(=O)COc1ccc2[nH]c(-c3cc4ccccc4[nH]c3=O)cc2c1. The zero-order valence-corrected chi connectivity index (χ0v) is 18.2. The van der Waals surface area contributed by atoms with Gasteiger partial charge in [-0.05, 0) is 41.8 Å². The number of para-hydroxylation sites is 1. The summed E-state index contributed by atoms with van der Waals surface area (Å²) in [6, 6.07) is 17.0. The van der Waals surface area contributed by atoms with Crippen LogP contribution in [0, 0.1) is 0 Å². The van der Waals surface area contributed by atoms with E-state index in [-0.39, 0.29) is 18.1 Å². The number of fused-ring (bicyclic) bond motifs is 2. The standard InChI is InChI=1S/C21H20N4O3.C2HF3O2/c22-7-8-23-20(26)12-28-15-5-6-18-14(9-15)11-19(24-18)16-10-13-3-1-2-4-17(13)25-21(16)27;3-2(4,5)1(6)7/h1-6,9-11,24H,7-8,12,22H2,(H,23,26)(H,25,27);(H,6,7)/p+1. The highest BCUT2D eigenvalue weighted by atomic mass is 19.4. The second-order valence-electron chi connectivity index (χ2n) is 7.33. The fourth-order valence-corrected chi connectivity index (χ4v) is 3.12. The molecule has 12 heteroatoms. The van der Waals surface area contributed by atoms with Gasteiger partial charge in [0.05, 0.1) is 24.3 Å². The molecule has 0 unspecified atom stereocenters. The fraction of sp³-hybridized carbons (Fsp3) is 0.174. The van der Waals surface area contributed by atoms with Crippen LogP contribution in [0.25, 0.3) is 33.1 Å². The highest BCUT2D eigenvalue weighted by Crippen LogP contribution is 2.26. The summed E-state index contributed by atoms with van der Waals surface area (Å²) in [7, 11) is 0. The Balaban J connectivity index is 0.000000429. The molecule has 0 atom stereocenters. The number of aliphatic carboxylic acids is 1. The van der Waals surface area contributed by atoms with Gasteiger partial charge in [-0.25, -0.2) is 4.79 Å². The van der Waals surface area contributed by atoms with Gasteiger partial charge >= 0.3 is 12.1 Å². The number of benzene rings is 2. The first-order chi connectivity index (χ1) is 16.6. The average Bonchev–Trinajstić information content (AvgIpc) is 3.24. The van der Waals surface area contributed by atoms with Gasteiger partial charge in [-0.1, -0.05) is 18.2 Å². The Kier molecular flexibility index (Phi) is 7.76. The Morgan fingerprint density at radius 3 is 2.37 bits per heavy atom. The minimum absolute atomic E-state index is 0.0485. The molecule has 0 saturated carbocycles. The number of H-pyrrole nitrogens is 2. The number of carbonyl (C=O) groups is 2. The van der Waals surface area contributed by atoms with Crippen LogP contribution in [0.1, 0.15) is 0 Å². The molecule has 0 saturated heterocycles. The number of rotatable bonds is 6. The molecule has 4 aromatic rings. The van der Waals surface area contributed by atoms with Crippen molar-refractivity contribution in [2.75, 3.05) is 19.7 Å². The van der Waals surface area contributed by atoms with Crippen LogP contribution in [0.3, 0.4) is 0 Å². The van der Waals surface area contributed by atoms with Crippen molar-refractivity contribution in [3.8, 4) is 17.0 Å². The number of carboxylic acid groups (broad SMARTS) is 1. The van der Waals surface area contributed by atoms with E-state index < -0.39 is 12.1 Å². The lowest BCUT2D eigenvalue weighted by Gasteiger charge is -2.06. The second kappa shape index (κ2) is 10.7. The lowest BCUT2D eigenvalue weighted by molar-refractivity contribution is -0.364. The second-order valence-corrected chi connectivity index (χ2v) is 7.33. The van der Waals surface area contributed by atoms with E-state index in [1.165, 1.54) is 0 Å². The predicted molar refractivity (Wildman–Crippen MR) is 122 cm³/mol. The number of hydrogen-bond donors (Lipinski definition) is 5. The van der Waals surface area contributed by atoms with Gasteiger partial charge < -0.3 is 30.9 Å². The van der Waals surface area contributed by atoms with Crippen molar-refractivity contribution in [2.24, 2.45) is 0 Å². The number of amides is 1. The van der Waals surface area contributed by atoms with Crippen LogP contribution in [-0.4, -0.2) is 52.8 Å². The number of pyridine rings is 1. The Morgan fingerprint density at radius 1 is 1.00 bits per heavy atom. The average molecular weight is 491 g/mol.